The summed E-state index contributed by atoms with van der Waals surface area (Å²) in [6.45, 7) is 0. The van der Waals surface area contributed by atoms with Gasteiger partial charge >= 0.3 is 6.03 Å². The summed E-state index contributed by atoms with van der Waals surface area (Å²) in [7, 11) is 0. The number of halogens is 1. The Hall–Kier alpha value is -1.55. The van der Waals surface area contributed by atoms with Gasteiger partial charge in [0.05, 0.1) is 0 Å². The van der Waals surface area contributed by atoms with E-state index in [2.05, 4.69) is 21.2 Å². The highest BCUT2D eigenvalue weighted by Crippen LogP contribution is 2.22. The minimum atomic E-state index is -0.550. The van der Waals surface area contributed by atoms with Gasteiger partial charge in [0.15, 0.2) is 0 Å². The zero-order valence-electron chi connectivity index (χ0n) is 7.83. The zero-order valence-corrected chi connectivity index (χ0v) is 9.41. The maximum atomic E-state index is 10.7. The van der Waals surface area contributed by atoms with Crippen molar-refractivity contribution >= 4 is 38.4 Å². The van der Waals surface area contributed by atoms with Crippen LogP contribution in [0.25, 0.3) is 10.8 Å². The minimum absolute atomic E-state index is 0.550. The van der Waals surface area contributed by atoms with Gasteiger partial charge in [-0.15, -0.1) is 0 Å². The molecule has 0 fully saturated rings. The van der Waals surface area contributed by atoms with Crippen LogP contribution in [-0.4, -0.2) is 6.03 Å². The molecule has 0 aliphatic carbocycles. The van der Waals surface area contributed by atoms with E-state index in [1.807, 2.05) is 36.4 Å². The van der Waals surface area contributed by atoms with Crippen molar-refractivity contribution in [2.75, 3.05) is 5.32 Å². The molecule has 3 nitrogen and oxygen atoms in total. The molecule has 4 heteroatoms. The van der Waals surface area contributed by atoms with Gasteiger partial charge in [0, 0.05) is 10.2 Å². The first kappa shape index (κ1) is 9.98. The first-order valence-corrected chi connectivity index (χ1v) is 5.20. The molecule has 0 atom stereocenters. The minimum Gasteiger partial charge on any atom is -0.351 e. The lowest BCUT2D eigenvalue weighted by Crippen LogP contribution is -2.19. The Morgan fingerprint density at radius 1 is 1.13 bits per heavy atom. The topological polar surface area (TPSA) is 55.1 Å². The first-order valence-electron chi connectivity index (χ1n) is 4.41. The smallest absolute Gasteiger partial charge is 0.316 e. The molecule has 2 aromatic carbocycles. The highest BCUT2D eigenvalue weighted by Gasteiger charge is 1.98. The molecule has 3 N–H and O–H groups in total. The molecule has 15 heavy (non-hydrogen) atoms. The standard InChI is InChI=1S/C11H9BrN2O/c12-9-3-1-8-6-10(14-11(13)15)4-2-7(8)5-9/h1-6H,(H3,13,14,15). The Balaban J connectivity index is 2.47. The van der Waals surface area contributed by atoms with Crippen molar-refractivity contribution in [3.8, 4) is 0 Å². The summed E-state index contributed by atoms with van der Waals surface area (Å²) in [5, 5.41) is 4.71. The van der Waals surface area contributed by atoms with Gasteiger partial charge in [0.25, 0.3) is 0 Å². The third-order valence-corrected chi connectivity index (χ3v) is 2.56. The molecular weight excluding hydrogens is 256 g/mol. The van der Waals surface area contributed by atoms with Crippen LogP contribution in [-0.2, 0) is 0 Å². The molecule has 2 aromatic rings. The number of primary amides is 1. The monoisotopic (exact) mass is 264 g/mol. The van der Waals surface area contributed by atoms with Crippen molar-refractivity contribution in [2.24, 2.45) is 5.73 Å². The molecule has 0 spiro atoms. The third-order valence-electron chi connectivity index (χ3n) is 2.07. The summed E-state index contributed by atoms with van der Waals surface area (Å²) < 4.78 is 1.03. The molecule has 0 radical (unpaired) electrons. The molecule has 0 saturated carbocycles. The van der Waals surface area contributed by atoms with Crippen LogP contribution in [0.1, 0.15) is 0 Å². The van der Waals surface area contributed by atoms with E-state index in [4.69, 9.17) is 5.73 Å². The Morgan fingerprint density at radius 2 is 1.80 bits per heavy atom. The van der Waals surface area contributed by atoms with Crippen LogP contribution in [0.2, 0.25) is 0 Å². The summed E-state index contributed by atoms with van der Waals surface area (Å²) in [5.74, 6) is 0. The second-order valence-corrected chi connectivity index (χ2v) is 4.11. The Kier molecular flexibility index (Phi) is 2.60. The van der Waals surface area contributed by atoms with E-state index in [0.29, 0.717) is 5.69 Å². The summed E-state index contributed by atoms with van der Waals surface area (Å²) in [6, 6.07) is 11.0. The average Bonchev–Trinajstić information content (AvgIpc) is 2.17. The van der Waals surface area contributed by atoms with Gasteiger partial charge in [0.1, 0.15) is 0 Å². The van der Waals surface area contributed by atoms with E-state index in [1.165, 1.54) is 0 Å². The number of hydrogen-bond acceptors (Lipinski definition) is 1. The number of nitrogens with one attached hydrogen (secondary N) is 1. The second kappa shape index (κ2) is 3.90. The van der Waals surface area contributed by atoms with Crippen LogP contribution in [0.5, 0.6) is 0 Å². The lowest BCUT2D eigenvalue weighted by molar-refractivity contribution is 0.259. The van der Waals surface area contributed by atoms with E-state index >= 15 is 0 Å². The lowest BCUT2D eigenvalue weighted by Gasteiger charge is -2.04. The van der Waals surface area contributed by atoms with Crippen molar-refractivity contribution in [1.29, 1.82) is 0 Å². The number of urea groups is 1. The third kappa shape index (κ3) is 2.27. The number of nitrogens with two attached hydrogens (primary N) is 1. The Labute approximate surface area is 95.4 Å². The molecule has 0 aliphatic rings. The maximum Gasteiger partial charge on any atom is 0.316 e. The van der Waals surface area contributed by atoms with Gasteiger partial charge in [-0.25, -0.2) is 4.79 Å². The molecule has 0 unspecified atom stereocenters. The average molecular weight is 265 g/mol. The normalized spacial score (nSPS) is 10.2. The van der Waals surface area contributed by atoms with E-state index in [0.717, 1.165) is 15.2 Å². The van der Waals surface area contributed by atoms with E-state index < -0.39 is 6.03 Å². The molecular formula is C11H9BrN2O. The second-order valence-electron chi connectivity index (χ2n) is 3.20. The van der Waals surface area contributed by atoms with Crippen LogP contribution in [0, 0.1) is 0 Å². The number of hydrogen-bond donors (Lipinski definition) is 2. The van der Waals surface area contributed by atoms with E-state index in [-0.39, 0.29) is 0 Å². The predicted octanol–water partition coefficient (Wildman–Crippen LogP) is 3.09. The maximum absolute atomic E-state index is 10.7. The summed E-state index contributed by atoms with van der Waals surface area (Å²) >= 11 is 3.40. The number of carbonyl (C=O) groups is 1. The number of anilines is 1. The molecule has 0 aromatic heterocycles. The van der Waals surface area contributed by atoms with Gasteiger partial charge < -0.3 is 11.1 Å². The molecule has 0 bridgehead atoms. The molecule has 0 heterocycles. The summed E-state index contributed by atoms with van der Waals surface area (Å²) in [5.41, 5.74) is 5.74. The van der Waals surface area contributed by atoms with Gasteiger partial charge in [0.2, 0.25) is 0 Å². The highest BCUT2D eigenvalue weighted by molar-refractivity contribution is 9.10. The summed E-state index contributed by atoms with van der Waals surface area (Å²) in [6.07, 6.45) is 0. The lowest BCUT2D eigenvalue weighted by atomic mass is 10.1. The van der Waals surface area contributed by atoms with Crippen molar-refractivity contribution in [1.82, 2.24) is 0 Å². The molecule has 2 rings (SSSR count). The van der Waals surface area contributed by atoms with E-state index in [9.17, 15) is 4.79 Å². The van der Waals surface area contributed by atoms with Crippen LogP contribution in [0.15, 0.2) is 40.9 Å². The Morgan fingerprint density at radius 3 is 2.53 bits per heavy atom. The first-order chi connectivity index (χ1) is 7.15. The van der Waals surface area contributed by atoms with Crippen molar-refractivity contribution in [2.45, 2.75) is 0 Å². The van der Waals surface area contributed by atoms with Gasteiger partial charge in [-0.05, 0) is 35.0 Å². The number of benzene rings is 2. The van der Waals surface area contributed by atoms with Crippen LogP contribution < -0.4 is 11.1 Å². The Bertz CT molecular complexity index is 525. The fourth-order valence-electron chi connectivity index (χ4n) is 1.44. The largest absolute Gasteiger partial charge is 0.351 e. The quantitative estimate of drug-likeness (QED) is 0.817. The predicted molar refractivity (Wildman–Crippen MR) is 64.9 cm³/mol. The number of carbonyl (C=O) groups excluding carboxylic acids is 1. The summed E-state index contributed by atoms with van der Waals surface area (Å²) in [4.78, 5) is 10.7. The van der Waals surface area contributed by atoms with Gasteiger partial charge in [-0.1, -0.05) is 28.1 Å². The molecule has 2 amide bonds. The van der Waals surface area contributed by atoms with Crippen LogP contribution >= 0.6 is 15.9 Å². The van der Waals surface area contributed by atoms with Crippen LogP contribution in [0.3, 0.4) is 0 Å². The fraction of sp³-hybridized carbons (Fsp3) is 0. The van der Waals surface area contributed by atoms with Crippen LogP contribution in [0.4, 0.5) is 10.5 Å². The highest BCUT2D eigenvalue weighted by atomic mass is 79.9. The van der Waals surface area contributed by atoms with E-state index in [1.54, 1.807) is 0 Å². The van der Waals surface area contributed by atoms with Gasteiger partial charge in [-0.3, -0.25) is 0 Å². The molecule has 76 valence electrons. The SMILES string of the molecule is NC(=O)Nc1ccc2cc(Br)ccc2c1. The molecule has 0 aliphatic heterocycles. The number of fused-ring (bicyclic) bond motifs is 1. The number of amides is 2. The zero-order chi connectivity index (χ0) is 10.8. The number of rotatable bonds is 1. The van der Waals surface area contributed by atoms with Crippen molar-refractivity contribution in [3.05, 3.63) is 40.9 Å². The van der Waals surface area contributed by atoms with Crippen molar-refractivity contribution < 1.29 is 4.79 Å². The van der Waals surface area contributed by atoms with Gasteiger partial charge in [-0.2, -0.15) is 0 Å². The van der Waals surface area contributed by atoms with Crippen molar-refractivity contribution in [3.63, 3.8) is 0 Å². The fourth-order valence-corrected chi connectivity index (χ4v) is 1.82. The molecule has 0 saturated heterocycles.